The Balaban J connectivity index is 1.67. The summed E-state index contributed by atoms with van der Waals surface area (Å²) in [6.45, 7) is 1.11. The lowest BCUT2D eigenvalue weighted by atomic mass is 10.1. The molecule has 7 nitrogen and oxygen atoms in total. The van der Waals surface area contributed by atoms with Gasteiger partial charge in [0.1, 0.15) is 0 Å². The van der Waals surface area contributed by atoms with Gasteiger partial charge in [-0.2, -0.15) is 4.31 Å². The van der Waals surface area contributed by atoms with Crippen LogP contribution in [0.1, 0.15) is 0 Å². The average molecular weight is 431 g/mol. The predicted molar refractivity (Wildman–Crippen MR) is 111 cm³/mol. The Bertz CT molecular complexity index is 1170. The number of morpholine rings is 1. The number of benzene rings is 3. The summed E-state index contributed by atoms with van der Waals surface area (Å²) < 4.78 is 32.1. The number of nitro benzene ring substituents is 1. The van der Waals surface area contributed by atoms with Gasteiger partial charge in [-0.25, -0.2) is 8.42 Å². The lowest BCUT2D eigenvalue weighted by Crippen LogP contribution is -2.40. The van der Waals surface area contributed by atoms with Crippen LogP contribution in [0.15, 0.2) is 75.4 Å². The molecule has 0 spiro atoms. The van der Waals surface area contributed by atoms with Crippen molar-refractivity contribution in [1.82, 2.24) is 4.31 Å². The zero-order valence-corrected chi connectivity index (χ0v) is 17.0. The second-order valence-corrected chi connectivity index (χ2v) is 9.57. The number of ether oxygens (including phenoxy) is 1. The molecule has 0 amide bonds. The van der Waals surface area contributed by atoms with Gasteiger partial charge in [-0.3, -0.25) is 10.1 Å². The fourth-order valence-electron chi connectivity index (χ4n) is 3.18. The van der Waals surface area contributed by atoms with Crippen LogP contribution in [0.2, 0.25) is 0 Å². The fraction of sp³-hybridized carbons (Fsp3) is 0.200. The molecule has 3 aromatic rings. The van der Waals surface area contributed by atoms with Crippen LogP contribution in [0, 0.1) is 10.1 Å². The van der Waals surface area contributed by atoms with Gasteiger partial charge in [-0.05, 0) is 35.0 Å². The third kappa shape index (κ3) is 4.13. The van der Waals surface area contributed by atoms with Crippen LogP contribution in [0.3, 0.4) is 0 Å². The predicted octanol–water partition coefficient (Wildman–Crippen LogP) is 3.92. The molecule has 1 saturated heterocycles. The molecule has 1 heterocycles. The smallest absolute Gasteiger partial charge is 0.284 e. The maximum Gasteiger partial charge on any atom is 0.284 e. The van der Waals surface area contributed by atoms with Crippen molar-refractivity contribution in [3.63, 3.8) is 0 Å². The van der Waals surface area contributed by atoms with Gasteiger partial charge in [0.15, 0.2) is 0 Å². The highest BCUT2D eigenvalue weighted by Gasteiger charge is 2.29. The van der Waals surface area contributed by atoms with E-state index in [9.17, 15) is 18.5 Å². The minimum atomic E-state index is -3.80. The summed E-state index contributed by atoms with van der Waals surface area (Å²) in [4.78, 5) is 12.3. The molecule has 0 unspecified atom stereocenters. The first kappa shape index (κ1) is 19.8. The summed E-state index contributed by atoms with van der Waals surface area (Å²) in [5.41, 5.74) is -0.225. The van der Waals surface area contributed by atoms with E-state index >= 15 is 0 Å². The van der Waals surface area contributed by atoms with Crippen LogP contribution in [0.4, 0.5) is 5.69 Å². The van der Waals surface area contributed by atoms with E-state index in [4.69, 9.17) is 4.74 Å². The summed E-state index contributed by atoms with van der Waals surface area (Å²) in [5.74, 6) is 0. The monoisotopic (exact) mass is 430 g/mol. The maximum absolute atomic E-state index is 12.8. The first-order valence-corrected chi connectivity index (χ1v) is 11.2. The molecule has 0 N–H and O–H groups in total. The average Bonchev–Trinajstić information content (AvgIpc) is 2.74. The molecule has 0 atom stereocenters. The van der Waals surface area contributed by atoms with Gasteiger partial charge >= 0.3 is 0 Å². The Morgan fingerprint density at radius 2 is 1.69 bits per heavy atom. The van der Waals surface area contributed by atoms with Crippen molar-refractivity contribution in [3.8, 4) is 0 Å². The first-order chi connectivity index (χ1) is 13.9. The van der Waals surface area contributed by atoms with E-state index in [0.29, 0.717) is 18.1 Å². The van der Waals surface area contributed by atoms with Gasteiger partial charge in [0.05, 0.1) is 27.9 Å². The van der Waals surface area contributed by atoms with Crippen LogP contribution in [-0.2, 0) is 14.8 Å². The van der Waals surface area contributed by atoms with Crippen LogP contribution < -0.4 is 0 Å². The van der Waals surface area contributed by atoms with Crippen molar-refractivity contribution >= 4 is 38.2 Å². The molecule has 1 aliphatic rings. The molecular formula is C20H18N2O5S2. The van der Waals surface area contributed by atoms with Crippen LogP contribution in [-0.4, -0.2) is 43.9 Å². The van der Waals surface area contributed by atoms with Gasteiger partial charge in [-0.15, -0.1) is 0 Å². The quantitative estimate of drug-likeness (QED) is 0.450. The minimum absolute atomic E-state index is 0.0750. The van der Waals surface area contributed by atoms with E-state index in [1.165, 1.54) is 28.2 Å². The molecule has 0 bridgehead atoms. The molecule has 0 radical (unpaired) electrons. The Morgan fingerprint density at radius 3 is 2.41 bits per heavy atom. The number of fused-ring (bicyclic) bond motifs is 1. The standard InChI is InChI=1S/C20H18N2O5S2/c23-22(24)19-14-18(29(25,26)21-9-11-27-12-10-21)7-8-20(19)28-17-6-5-15-3-1-2-4-16(15)13-17/h1-8,13-14H,9-12H2. The number of nitro groups is 1. The van der Waals surface area contributed by atoms with Crippen molar-refractivity contribution in [1.29, 1.82) is 0 Å². The van der Waals surface area contributed by atoms with Gasteiger partial charge in [0.25, 0.3) is 5.69 Å². The van der Waals surface area contributed by atoms with Crippen molar-refractivity contribution < 1.29 is 18.1 Å². The van der Waals surface area contributed by atoms with Gasteiger partial charge in [0.2, 0.25) is 10.0 Å². The Kier molecular flexibility index (Phi) is 5.55. The Labute approximate surface area is 172 Å². The number of nitrogens with zero attached hydrogens (tertiary/aromatic N) is 2. The van der Waals surface area contributed by atoms with Crippen molar-refractivity contribution in [2.75, 3.05) is 26.3 Å². The Morgan fingerprint density at radius 1 is 0.966 bits per heavy atom. The van der Waals surface area contributed by atoms with Gasteiger partial charge in [-0.1, -0.05) is 42.1 Å². The lowest BCUT2D eigenvalue weighted by molar-refractivity contribution is -0.388. The SMILES string of the molecule is O=[N+]([O-])c1cc(S(=O)(=O)N2CCOCC2)ccc1Sc1ccc2ccccc2c1. The molecule has 9 heteroatoms. The molecule has 1 fully saturated rings. The van der Waals surface area contributed by atoms with Crippen LogP contribution in [0.25, 0.3) is 10.8 Å². The number of sulfonamides is 1. The van der Waals surface area contributed by atoms with Crippen molar-refractivity contribution in [2.45, 2.75) is 14.7 Å². The van der Waals surface area contributed by atoms with Crippen LogP contribution in [0.5, 0.6) is 0 Å². The van der Waals surface area contributed by atoms with E-state index < -0.39 is 14.9 Å². The second-order valence-electron chi connectivity index (χ2n) is 6.51. The first-order valence-electron chi connectivity index (χ1n) is 8.98. The molecule has 3 aromatic carbocycles. The van der Waals surface area contributed by atoms with Crippen molar-refractivity contribution in [3.05, 3.63) is 70.8 Å². The highest BCUT2D eigenvalue weighted by molar-refractivity contribution is 7.99. The summed E-state index contributed by atoms with van der Waals surface area (Å²) in [6.07, 6.45) is 0. The fourth-order valence-corrected chi connectivity index (χ4v) is 5.56. The zero-order chi connectivity index (χ0) is 20.4. The van der Waals surface area contributed by atoms with E-state index in [1.807, 2.05) is 42.5 Å². The molecular weight excluding hydrogens is 412 g/mol. The molecule has 4 rings (SSSR count). The normalized spacial score (nSPS) is 15.4. The molecule has 0 aromatic heterocycles. The summed E-state index contributed by atoms with van der Waals surface area (Å²) >= 11 is 1.24. The van der Waals surface area contributed by atoms with Crippen molar-refractivity contribution in [2.24, 2.45) is 0 Å². The minimum Gasteiger partial charge on any atom is -0.379 e. The maximum atomic E-state index is 12.8. The molecule has 0 saturated carbocycles. The third-order valence-corrected chi connectivity index (χ3v) is 7.63. The summed E-state index contributed by atoms with van der Waals surface area (Å²) in [7, 11) is -3.80. The largest absolute Gasteiger partial charge is 0.379 e. The molecule has 1 aliphatic heterocycles. The Hall–Kier alpha value is -2.46. The van der Waals surface area contributed by atoms with Gasteiger partial charge in [0, 0.05) is 24.1 Å². The molecule has 0 aliphatic carbocycles. The number of hydrogen-bond acceptors (Lipinski definition) is 6. The summed E-state index contributed by atoms with van der Waals surface area (Å²) in [6, 6.07) is 17.8. The van der Waals surface area contributed by atoms with E-state index in [-0.39, 0.29) is 23.7 Å². The highest BCUT2D eigenvalue weighted by Crippen LogP contribution is 2.37. The summed E-state index contributed by atoms with van der Waals surface area (Å²) in [5, 5.41) is 13.8. The highest BCUT2D eigenvalue weighted by atomic mass is 32.2. The molecule has 150 valence electrons. The second kappa shape index (κ2) is 8.11. The number of hydrogen-bond donors (Lipinski definition) is 0. The topological polar surface area (TPSA) is 89.8 Å². The van der Waals surface area contributed by atoms with Gasteiger partial charge < -0.3 is 4.74 Å². The number of rotatable bonds is 5. The van der Waals surface area contributed by atoms with Crippen LogP contribution >= 0.6 is 11.8 Å². The third-order valence-electron chi connectivity index (χ3n) is 4.68. The van der Waals surface area contributed by atoms with E-state index in [2.05, 4.69) is 0 Å². The van der Waals surface area contributed by atoms with E-state index in [0.717, 1.165) is 21.7 Å². The lowest BCUT2D eigenvalue weighted by Gasteiger charge is -2.26. The zero-order valence-electron chi connectivity index (χ0n) is 15.4. The van der Waals surface area contributed by atoms with E-state index in [1.54, 1.807) is 0 Å². The molecule has 29 heavy (non-hydrogen) atoms.